The third-order valence-corrected chi connectivity index (χ3v) is 5.20. The van der Waals surface area contributed by atoms with Gasteiger partial charge in [0.15, 0.2) is 5.78 Å². The Morgan fingerprint density at radius 3 is 2.54 bits per heavy atom. The molecule has 1 saturated heterocycles. The fraction of sp³-hybridized carbons (Fsp3) is 0.364. The van der Waals surface area contributed by atoms with Crippen LogP contribution in [-0.2, 0) is 11.2 Å². The maximum absolute atomic E-state index is 12.8. The lowest BCUT2D eigenvalue weighted by Gasteiger charge is -2.30. The Labute approximate surface area is 170 Å². The second-order valence-corrected chi connectivity index (χ2v) is 7.45. The quantitative estimate of drug-likeness (QED) is 0.712. The topological polar surface area (TPSA) is 58.6 Å². The number of halogens is 1. The van der Waals surface area contributed by atoms with E-state index in [1.54, 1.807) is 31.4 Å². The van der Waals surface area contributed by atoms with E-state index >= 15 is 0 Å². The van der Waals surface area contributed by atoms with Crippen LogP contribution in [0.25, 0.3) is 0 Å². The summed E-state index contributed by atoms with van der Waals surface area (Å²) in [5.41, 5.74) is 2.93. The Balaban J connectivity index is 1.81. The zero-order chi connectivity index (χ0) is 20.1. The van der Waals surface area contributed by atoms with E-state index < -0.39 is 0 Å². The van der Waals surface area contributed by atoms with Crippen molar-refractivity contribution in [2.75, 3.05) is 30.4 Å². The number of benzene rings is 2. The van der Waals surface area contributed by atoms with Crippen molar-refractivity contribution in [3.05, 3.63) is 52.5 Å². The SMILES string of the molecule is COc1ccc(C(C)=O)cc1CC(=O)Nc1cc(Cl)ccc1N1CCCCC1. The van der Waals surface area contributed by atoms with Gasteiger partial charge < -0.3 is 15.0 Å². The molecule has 0 saturated carbocycles. The smallest absolute Gasteiger partial charge is 0.228 e. The number of hydrogen-bond acceptors (Lipinski definition) is 4. The van der Waals surface area contributed by atoms with Crippen molar-refractivity contribution in [3.63, 3.8) is 0 Å². The molecule has 0 radical (unpaired) electrons. The summed E-state index contributed by atoms with van der Waals surface area (Å²) in [6, 6.07) is 10.7. The standard InChI is InChI=1S/C22H25ClN2O3/c1-15(26)16-6-9-21(28-2)17(12-16)13-22(27)24-19-14-18(23)7-8-20(19)25-10-4-3-5-11-25/h6-9,12,14H,3-5,10-11,13H2,1-2H3,(H,24,27). The summed E-state index contributed by atoms with van der Waals surface area (Å²) in [5, 5.41) is 3.57. The first kappa shape index (κ1) is 20.2. The van der Waals surface area contributed by atoms with Gasteiger partial charge in [-0.2, -0.15) is 0 Å². The number of carbonyl (C=O) groups excluding carboxylic acids is 2. The van der Waals surface area contributed by atoms with Crippen LogP contribution in [0.15, 0.2) is 36.4 Å². The number of methoxy groups -OCH3 is 1. The molecule has 0 aromatic heterocycles. The van der Waals surface area contributed by atoms with Gasteiger partial charge in [-0.1, -0.05) is 11.6 Å². The molecule has 5 nitrogen and oxygen atoms in total. The molecule has 6 heteroatoms. The van der Waals surface area contributed by atoms with Gasteiger partial charge in [-0.25, -0.2) is 0 Å². The molecule has 1 aliphatic rings. The predicted molar refractivity (Wildman–Crippen MR) is 113 cm³/mol. The van der Waals surface area contributed by atoms with E-state index in [0.717, 1.165) is 31.6 Å². The van der Waals surface area contributed by atoms with Crippen molar-refractivity contribution < 1.29 is 14.3 Å². The summed E-state index contributed by atoms with van der Waals surface area (Å²) >= 11 is 6.18. The van der Waals surface area contributed by atoms with Gasteiger partial charge in [-0.05, 0) is 62.6 Å². The van der Waals surface area contributed by atoms with E-state index in [4.69, 9.17) is 16.3 Å². The third-order valence-electron chi connectivity index (χ3n) is 4.97. The minimum atomic E-state index is -0.181. The molecule has 1 amide bonds. The van der Waals surface area contributed by atoms with E-state index in [0.29, 0.717) is 27.6 Å². The largest absolute Gasteiger partial charge is 0.496 e. The first-order chi connectivity index (χ1) is 13.5. The third kappa shape index (κ3) is 4.84. The molecule has 0 atom stereocenters. The van der Waals surface area contributed by atoms with Gasteiger partial charge in [0.25, 0.3) is 0 Å². The molecule has 2 aromatic rings. The molecule has 0 aliphatic carbocycles. The van der Waals surface area contributed by atoms with Crippen LogP contribution in [0.4, 0.5) is 11.4 Å². The fourth-order valence-corrected chi connectivity index (χ4v) is 3.69. The van der Waals surface area contributed by atoms with Crippen LogP contribution < -0.4 is 15.0 Å². The Morgan fingerprint density at radius 2 is 1.86 bits per heavy atom. The number of Topliss-reactive ketones (excluding diaryl/α,β-unsaturated/α-hetero) is 1. The summed E-state index contributed by atoms with van der Waals surface area (Å²) in [6.07, 6.45) is 3.63. The van der Waals surface area contributed by atoms with Gasteiger partial charge >= 0.3 is 0 Å². The first-order valence-corrected chi connectivity index (χ1v) is 9.88. The van der Waals surface area contributed by atoms with Crippen molar-refractivity contribution in [1.29, 1.82) is 0 Å². The maximum atomic E-state index is 12.8. The molecule has 28 heavy (non-hydrogen) atoms. The Morgan fingerprint density at radius 1 is 1.11 bits per heavy atom. The molecule has 1 heterocycles. The minimum Gasteiger partial charge on any atom is -0.496 e. The van der Waals surface area contributed by atoms with Gasteiger partial charge in [0.05, 0.1) is 24.9 Å². The molecule has 1 aliphatic heterocycles. The lowest BCUT2D eigenvalue weighted by atomic mass is 10.0. The van der Waals surface area contributed by atoms with Crippen LogP contribution in [0.1, 0.15) is 42.1 Å². The van der Waals surface area contributed by atoms with Gasteiger partial charge in [0.1, 0.15) is 5.75 Å². The van der Waals surface area contributed by atoms with E-state index in [1.807, 2.05) is 12.1 Å². The second kappa shape index (κ2) is 9.11. The average Bonchev–Trinajstić information content (AvgIpc) is 2.68. The highest BCUT2D eigenvalue weighted by Crippen LogP contribution is 2.31. The molecular formula is C22H25ClN2O3. The van der Waals surface area contributed by atoms with Gasteiger partial charge in [-0.15, -0.1) is 0 Å². The lowest BCUT2D eigenvalue weighted by Crippen LogP contribution is -2.30. The van der Waals surface area contributed by atoms with Gasteiger partial charge in [0, 0.05) is 29.2 Å². The highest BCUT2D eigenvalue weighted by atomic mass is 35.5. The number of anilines is 2. The van der Waals surface area contributed by atoms with Gasteiger partial charge in [-0.3, -0.25) is 9.59 Å². The number of ether oxygens (including phenoxy) is 1. The number of rotatable bonds is 6. The van der Waals surface area contributed by atoms with Crippen molar-refractivity contribution in [2.45, 2.75) is 32.6 Å². The first-order valence-electron chi connectivity index (χ1n) is 9.50. The second-order valence-electron chi connectivity index (χ2n) is 7.02. The molecular weight excluding hydrogens is 376 g/mol. The van der Waals surface area contributed by atoms with Crippen molar-refractivity contribution >= 4 is 34.7 Å². The molecule has 0 spiro atoms. The highest BCUT2D eigenvalue weighted by molar-refractivity contribution is 6.31. The Hall–Kier alpha value is -2.53. The number of hydrogen-bond donors (Lipinski definition) is 1. The number of carbonyl (C=O) groups is 2. The number of nitrogens with one attached hydrogen (secondary N) is 1. The fourth-order valence-electron chi connectivity index (χ4n) is 3.52. The summed E-state index contributed by atoms with van der Waals surface area (Å²) in [6.45, 7) is 3.44. The van der Waals surface area contributed by atoms with Gasteiger partial charge in [0.2, 0.25) is 5.91 Å². The van der Waals surface area contributed by atoms with Crippen LogP contribution in [-0.4, -0.2) is 31.9 Å². The molecule has 0 bridgehead atoms. The normalized spacial score (nSPS) is 13.9. The van der Waals surface area contributed by atoms with Crippen molar-refractivity contribution in [3.8, 4) is 5.75 Å². The number of nitrogens with zero attached hydrogens (tertiary/aromatic N) is 1. The van der Waals surface area contributed by atoms with E-state index in [-0.39, 0.29) is 18.1 Å². The molecule has 1 N–H and O–H groups in total. The van der Waals surface area contributed by atoms with E-state index in [1.165, 1.54) is 13.3 Å². The molecule has 3 rings (SSSR count). The molecule has 1 fully saturated rings. The van der Waals surface area contributed by atoms with Crippen LogP contribution in [0.2, 0.25) is 5.02 Å². The number of piperidine rings is 1. The Bertz CT molecular complexity index is 876. The Kier molecular flexibility index (Phi) is 6.57. The highest BCUT2D eigenvalue weighted by Gasteiger charge is 2.17. The maximum Gasteiger partial charge on any atom is 0.228 e. The van der Waals surface area contributed by atoms with Crippen LogP contribution in [0.5, 0.6) is 5.75 Å². The summed E-state index contributed by atoms with van der Waals surface area (Å²) in [5.74, 6) is 0.355. The van der Waals surface area contributed by atoms with Crippen LogP contribution in [0.3, 0.4) is 0 Å². The predicted octanol–water partition coefficient (Wildman–Crippen LogP) is 4.72. The molecule has 148 valence electrons. The monoisotopic (exact) mass is 400 g/mol. The summed E-state index contributed by atoms with van der Waals surface area (Å²) in [4.78, 5) is 26.7. The minimum absolute atomic E-state index is 0.0495. The van der Waals surface area contributed by atoms with E-state index in [9.17, 15) is 9.59 Å². The van der Waals surface area contributed by atoms with Crippen molar-refractivity contribution in [2.24, 2.45) is 0 Å². The lowest BCUT2D eigenvalue weighted by molar-refractivity contribution is -0.115. The molecule has 0 unspecified atom stereocenters. The summed E-state index contributed by atoms with van der Waals surface area (Å²) in [7, 11) is 1.55. The zero-order valence-electron chi connectivity index (χ0n) is 16.3. The number of amides is 1. The van der Waals surface area contributed by atoms with Crippen LogP contribution >= 0.6 is 11.6 Å². The summed E-state index contributed by atoms with van der Waals surface area (Å²) < 4.78 is 5.35. The average molecular weight is 401 g/mol. The van der Waals surface area contributed by atoms with Crippen molar-refractivity contribution in [1.82, 2.24) is 0 Å². The van der Waals surface area contributed by atoms with E-state index in [2.05, 4.69) is 10.2 Å². The zero-order valence-corrected chi connectivity index (χ0v) is 17.0. The number of ketones is 1. The van der Waals surface area contributed by atoms with Crippen LogP contribution in [0, 0.1) is 0 Å². The molecule has 2 aromatic carbocycles.